The van der Waals surface area contributed by atoms with E-state index < -0.39 is 5.60 Å². The Morgan fingerprint density at radius 3 is 2.48 bits per heavy atom. The molecule has 0 unspecified atom stereocenters. The highest BCUT2D eigenvalue weighted by molar-refractivity contribution is 5.32. The molecule has 1 saturated carbocycles. The van der Waals surface area contributed by atoms with Crippen molar-refractivity contribution in [1.82, 2.24) is 4.90 Å². The van der Waals surface area contributed by atoms with E-state index >= 15 is 0 Å². The molecule has 2 saturated heterocycles. The van der Waals surface area contributed by atoms with Crippen LogP contribution in [0, 0.1) is 11.8 Å². The van der Waals surface area contributed by atoms with E-state index in [2.05, 4.69) is 29.2 Å². The summed E-state index contributed by atoms with van der Waals surface area (Å²) in [6, 6.07) is 11.0. The first-order chi connectivity index (χ1) is 12.2. The first kappa shape index (κ1) is 18.4. The lowest BCUT2D eigenvalue weighted by Gasteiger charge is -2.41. The highest BCUT2D eigenvalue weighted by Gasteiger charge is 2.50. The Bertz CT molecular complexity index is 546. The van der Waals surface area contributed by atoms with Crippen LogP contribution in [0.3, 0.4) is 0 Å². The monoisotopic (exact) mass is 347 g/mol. The van der Waals surface area contributed by atoms with Crippen LogP contribution >= 0.6 is 0 Å². The smallest absolute Gasteiger partial charge is 0.290 e. The van der Waals surface area contributed by atoms with Gasteiger partial charge in [0.2, 0.25) is 0 Å². The molecule has 0 radical (unpaired) electrons. The summed E-state index contributed by atoms with van der Waals surface area (Å²) in [6.07, 6.45) is 5.65. The fourth-order valence-electron chi connectivity index (χ4n) is 4.99. The standard InChI is InChI=1S/C19H27NO2.CH2O2/c21-19(16-6-2-1-3-7-16)10-4-5-15-13-20(14-18(15)19)17-8-11-22-12-9-17;2-1-3/h1-3,6-7,15,17-18,21H,4-5,8-14H2;1H,(H,2,3)/t15-,18+,19+;/m0./s1. The zero-order valence-corrected chi connectivity index (χ0v) is 14.7. The average Bonchev–Trinajstić information content (AvgIpc) is 3.10. The first-order valence-corrected chi connectivity index (χ1v) is 9.36. The molecule has 3 aliphatic rings. The number of carboxylic acid groups (broad SMARTS) is 1. The second-order valence-corrected chi connectivity index (χ2v) is 7.45. The van der Waals surface area contributed by atoms with Gasteiger partial charge in [-0.1, -0.05) is 30.3 Å². The summed E-state index contributed by atoms with van der Waals surface area (Å²) in [5.41, 5.74) is 0.503. The molecule has 1 aliphatic carbocycles. The van der Waals surface area contributed by atoms with E-state index in [1.807, 2.05) is 6.07 Å². The Morgan fingerprint density at radius 2 is 1.80 bits per heavy atom. The fourth-order valence-corrected chi connectivity index (χ4v) is 4.99. The molecule has 138 valence electrons. The van der Waals surface area contributed by atoms with Crippen molar-refractivity contribution in [2.45, 2.75) is 43.7 Å². The van der Waals surface area contributed by atoms with Crippen molar-refractivity contribution in [3.8, 4) is 0 Å². The molecule has 0 amide bonds. The van der Waals surface area contributed by atoms with Crippen LogP contribution in [0.2, 0.25) is 0 Å². The number of nitrogens with zero attached hydrogens (tertiary/aromatic N) is 1. The zero-order chi connectivity index (χ0) is 17.7. The lowest BCUT2D eigenvalue weighted by atomic mass is 9.67. The van der Waals surface area contributed by atoms with Gasteiger partial charge >= 0.3 is 0 Å². The SMILES string of the molecule is O=CO.O[C@@]1(c2ccccc2)CCC[C@H]2CN(C3CCOCC3)C[C@H]21. The maximum absolute atomic E-state index is 11.5. The van der Waals surface area contributed by atoms with E-state index in [9.17, 15) is 5.11 Å². The molecule has 1 aromatic carbocycles. The number of benzene rings is 1. The van der Waals surface area contributed by atoms with E-state index in [-0.39, 0.29) is 6.47 Å². The van der Waals surface area contributed by atoms with Gasteiger partial charge in [0.05, 0.1) is 5.60 Å². The third kappa shape index (κ3) is 3.89. The number of aliphatic hydroxyl groups is 1. The lowest BCUT2D eigenvalue weighted by Crippen LogP contribution is -2.43. The number of likely N-dealkylation sites (tertiary alicyclic amines) is 1. The van der Waals surface area contributed by atoms with E-state index in [0.29, 0.717) is 17.9 Å². The van der Waals surface area contributed by atoms with Crippen LogP contribution in [0.4, 0.5) is 0 Å². The second kappa shape index (κ2) is 8.30. The predicted molar refractivity (Wildman–Crippen MR) is 95.3 cm³/mol. The quantitative estimate of drug-likeness (QED) is 0.805. The van der Waals surface area contributed by atoms with Gasteiger partial charge in [-0.05, 0) is 43.6 Å². The Kier molecular flexibility index (Phi) is 6.10. The summed E-state index contributed by atoms with van der Waals surface area (Å²) in [5, 5.41) is 18.4. The highest BCUT2D eigenvalue weighted by Crippen LogP contribution is 2.48. The number of fused-ring (bicyclic) bond motifs is 1. The van der Waals surface area contributed by atoms with Crippen LogP contribution in [0.5, 0.6) is 0 Å². The maximum Gasteiger partial charge on any atom is 0.290 e. The van der Waals surface area contributed by atoms with E-state index in [4.69, 9.17) is 14.6 Å². The maximum atomic E-state index is 11.5. The van der Waals surface area contributed by atoms with Crippen molar-refractivity contribution in [3.05, 3.63) is 35.9 Å². The third-order valence-electron chi connectivity index (χ3n) is 6.20. The Morgan fingerprint density at radius 1 is 1.12 bits per heavy atom. The van der Waals surface area contributed by atoms with Crippen molar-refractivity contribution in [3.63, 3.8) is 0 Å². The van der Waals surface area contributed by atoms with Gasteiger partial charge in [-0.2, -0.15) is 0 Å². The van der Waals surface area contributed by atoms with Gasteiger partial charge in [0.15, 0.2) is 0 Å². The van der Waals surface area contributed by atoms with Gasteiger partial charge in [0.25, 0.3) is 6.47 Å². The minimum absolute atomic E-state index is 0.250. The second-order valence-electron chi connectivity index (χ2n) is 7.45. The molecule has 2 N–H and O–H groups in total. The number of rotatable bonds is 2. The normalized spacial score (nSPS) is 33.2. The molecule has 4 rings (SSSR count). The predicted octanol–water partition coefficient (Wildman–Crippen LogP) is 2.49. The largest absolute Gasteiger partial charge is 0.483 e. The molecule has 3 atom stereocenters. The van der Waals surface area contributed by atoms with E-state index in [1.54, 1.807) is 0 Å². The molecule has 0 aromatic heterocycles. The van der Waals surface area contributed by atoms with Crippen LogP contribution in [-0.4, -0.2) is 53.9 Å². The molecule has 0 bridgehead atoms. The molecule has 3 fully saturated rings. The fraction of sp³-hybridized carbons (Fsp3) is 0.650. The summed E-state index contributed by atoms with van der Waals surface area (Å²) < 4.78 is 5.51. The molecule has 1 aromatic rings. The van der Waals surface area contributed by atoms with Crippen molar-refractivity contribution < 1.29 is 19.7 Å². The molecule has 2 aliphatic heterocycles. The topological polar surface area (TPSA) is 70.0 Å². The first-order valence-electron chi connectivity index (χ1n) is 9.36. The van der Waals surface area contributed by atoms with Gasteiger partial charge in [-0.25, -0.2) is 0 Å². The third-order valence-corrected chi connectivity index (χ3v) is 6.20. The molecule has 5 heteroatoms. The van der Waals surface area contributed by atoms with Crippen LogP contribution in [-0.2, 0) is 15.1 Å². The van der Waals surface area contributed by atoms with Crippen LogP contribution in [0.15, 0.2) is 30.3 Å². The minimum atomic E-state index is -0.621. The summed E-state index contributed by atoms with van der Waals surface area (Å²) in [6.45, 7) is 3.78. The number of hydrogen-bond acceptors (Lipinski definition) is 4. The number of carbonyl (C=O) groups is 1. The van der Waals surface area contributed by atoms with Crippen molar-refractivity contribution in [2.75, 3.05) is 26.3 Å². The summed E-state index contributed by atoms with van der Waals surface area (Å²) >= 11 is 0. The van der Waals surface area contributed by atoms with Crippen molar-refractivity contribution in [2.24, 2.45) is 11.8 Å². The average molecular weight is 347 g/mol. The van der Waals surface area contributed by atoms with E-state index in [0.717, 1.165) is 51.0 Å². The molecule has 25 heavy (non-hydrogen) atoms. The molecular weight excluding hydrogens is 318 g/mol. The molecule has 2 heterocycles. The van der Waals surface area contributed by atoms with Crippen LogP contribution in [0.1, 0.15) is 37.7 Å². The minimum Gasteiger partial charge on any atom is -0.483 e. The molecular formula is C20H29NO4. The summed E-state index contributed by atoms with van der Waals surface area (Å²) in [5.74, 6) is 1.05. The summed E-state index contributed by atoms with van der Waals surface area (Å²) in [4.78, 5) is 11.0. The van der Waals surface area contributed by atoms with Gasteiger partial charge in [0, 0.05) is 38.3 Å². The highest BCUT2D eigenvalue weighted by atomic mass is 16.5. The molecule has 0 spiro atoms. The van der Waals surface area contributed by atoms with Gasteiger partial charge in [-0.15, -0.1) is 0 Å². The number of hydrogen-bond donors (Lipinski definition) is 2. The molecule has 5 nitrogen and oxygen atoms in total. The van der Waals surface area contributed by atoms with Gasteiger partial charge in [0.1, 0.15) is 0 Å². The van der Waals surface area contributed by atoms with Crippen molar-refractivity contribution >= 4 is 6.47 Å². The summed E-state index contributed by atoms with van der Waals surface area (Å²) in [7, 11) is 0. The lowest BCUT2D eigenvalue weighted by molar-refractivity contribution is -0.122. The Labute approximate surface area is 149 Å². The van der Waals surface area contributed by atoms with Crippen molar-refractivity contribution in [1.29, 1.82) is 0 Å². The number of ether oxygens (including phenoxy) is 1. The Balaban J connectivity index is 0.000000569. The van der Waals surface area contributed by atoms with Crippen LogP contribution < -0.4 is 0 Å². The van der Waals surface area contributed by atoms with E-state index in [1.165, 1.54) is 13.0 Å². The van der Waals surface area contributed by atoms with Gasteiger partial charge in [-0.3, -0.25) is 9.69 Å². The van der Waals surface area contributed by atoms with Crippen LogP contribution in [0.25, 0.3) is 0 Å². The van der Waals surface area contributed by atoms with Gasteiger partial charge < -0.3 is 14.9 Å². The Hall–Kier alpha value is -1.43. The zero-order valence-electron chi connectivity index (χ0n) is 14.7.